The molecule has 93 valence electrons. The van der Waals surface area contributed by atoms with Crippen molar-refractivity contribution in [3.8, 4) is 0 Å². The molecule has 0 saturated carbocycles. The zero-order valence-electron chi connectivity index (χ0n) is 11.3. The molecule has 0 aromatic heterocycles. The number of allylic oxidation sites excluding steroid dienone is 1. The smallest absolute Gasteiger partial charge is 0.0822 e. The summed E-state index contributed by atoms with van der Waals surface area (Å²) in [5.41, 5.74) is 0. The van der Waals surface area contributed by atoms with Crippen LogP contribution >= 0.6 is 0 Å². The highest BCUT2D eigenvalue weighted by atomic mass is 16.2. The van der Waals surface area contributed by atoms with Crippen molar-refractivity contribution < 1.29 is 5.11 Å². The highest BCUT2D eigenvalue weighted by Gasteiger charge is 1.78. The Morgan fingerprint density at radius 3 is 1.27 bits per heavy atom. The van der Waals surface area contributed by atoms with E-state index in [1.54, 1.807) is 6.08 Å². The largest absolute Gasteiger partial charge is 0.237 e. The fourth-order valence-electron chi connectivity index (χ4n) is 0.852. The van der Waals surface area contributed by atoms with Crippen LogP contribution in [0.1, 0.15) is 72.6 Å². The minimum atomic E-state index is 0.105. The van der Waals surface area contributed by atoms with Crippen LogP contribution in [-0.2, 0) is 5.11 Å². The molecule has 0 N–H and O–H groups in total. The lowest BCUT2D eigenvalue weighted by molar-refractivity contribution is 0.186. The fourth-order valence-corrected chi connectivity index (χ4v) is 0.852. The molecule has 0 aliphatic rings. The maximum atomic E-state index is 9.69. The van der Waals surface area contributed by atoms with Crippen molar-refractivity contribution in [2.24, 2.45) is 0 Å². The van der Waals surface area contributed by atoms with Gasteiger partial charge in [0, 0.05) is 0 Å². The van der Waals surface area contributed by atoms with Crippen molar-refractivity contribution in [2.75, 3.05) is 6.61 Å². The third kappa shape index (κ3) is 57.7. The summed E-state index contributed by atoms with van der Waals surface area (Å²) in [6.45, 7) is 11.9. The van der Waals surface area contributed by atoms with Gasteiger partial charge in [0.2, 0.25) is 0 Å². The third-order valence-corrected chi connectivity index (χ3v) is 1.70. The summed E-state index contributed by atoms with van der Waals surface area (Å²) in [5, 5.41) is 9.69. The summed E-state index contributed by atoms with van der Waals surface area (Å²) in [6.07, 6.45) is 10.4. The molecule has 0 spiro atoms. The molecule has 1 nitrogen and oxygen atoms in total. The van der Waals surface area contributed by atoms with Gasteiger partial charge in [-0.1, -0.05) is 65.4 Å². The second-order valence-electron chi connectivity index (χ2n) is 3.53. The molecule has 0 aromatic rings. The summed E-state index contributed by atoms with van der Waals surface area (Å²) in [4.78, 5) is 0. The summed E-state index contributed by atoms with van der Waals surface area (Å²) in [5.74, 6) is 0. The summed E-state index contributed by atoms with van der Waals surface area (Å²) in [7, 11) is 0. The molecule has 0 heterocycles. The van der Waals surface area contributed by atoms with Crippen LogP contribution in [0.15, 0.2) is 12.7 Å². The van der Waals surface area contributed by atoms with Crippen LogP contribution < -0.4 is 0 Å². The first-order valence-corrected chi connectivity index (χ1v) is 6.40. The van der Waals surface area contributed by atoms with Gasteiger partial charge in [0.25, 0.3) is 0 Å². The van der Waals surface area contributed by atoms with Crippen molar-refractivity contribution in [1.29, 1.82) is 0 Å². The average Bonchev–Trinajstić information content (AvgIpc) is 2.25. The zero-order valence-corrected chi connectivity index (χ0v) is 11.3. The van der Waals surface area contributed by atoms with Crippen molar-refractivity contribution in [3.63, 3.8) is 0 Å². The maximum absolute atomic E-state index is 9.69. The molecule has 0 saturated heterocycles. The molecule has 1 radical (unpaired) electrons. The first-order valence-electron chi connectivity index (χ1n) is 6.40. The molecule has 1 heteroatoms. The van der Waals surface area contributed by atoms with Crippen LogP contribution in [0.25, 0.3) is 0 Å². The second kappa shape index (κ2) is 29.2. The molecule has 15 heavy (non-hydrogen) atoms. The van der Waals surface area contributed by atoms with Gasteiger partial charge >= 0.3 is 0 Å². The highest BCUT2D eigenvalue weighted by Crippen LogP contribution is 1.95. The Balaban J connectivity index is -0.000000153. The highest BCUT2D eigenvalue weighted by molar-refractivity contribution is 4.51. The molecule has 0 unspecified atom stereocenters. The van der Waals surface area contributed by atoms with Crippen molar-refractivity contribution in [2.45, 2.75) is 72.6 Å². The molecule has 0 aromatic carbocycles. The molecule has 0 aliphatic heterocycles. The topological polar surface area (TPSA) is 19.9 Å². The van der Waals surface area contributed by atoms with Crippen LogP contribution in [0, 0.1) is 0 Å². The molecular formula is C14H31O. The predicted molar refractivity (Wildman–Crippen MR) is 70.8 cm³/mol. The van der Waals surface area contributed by atoms with E-state index in [1.165, 1.54) is 25.7 Å². The van der Waals surface area contributed by atoms with Crippen LogP contribution in [0.2, 0.25) is 0 Å². The van der Waals surface area contributed by atoms with Crippen LogP contribution in [0.3, 0.4) is 0 Å². The number of hydrogen-bond acceptors (Lipinski definition) is 0. The molecule has 0 bridgehead atoms. The molecular weight excluding hydrogens is 184 g/mol. The van der Waals surface area contributed by atoms with E-state index in [9.17, 15) is 5.11 Å². The lowest BCUT2D eigenvalue weighted by Crippen LogP contribution is -1.76. The monoisotopic (exact) mass is 215 g/mol. The van der Waals surface area contributed by atoms with Gasteiger partial charge in [-0.25, -0.2) is 5.11 Å². The molecule has 0 aliphatic carbocycles. The van der Waals surface area contributed by atoms with Gasteiger partial charge in [-0.2, -0.15) is 0 Å². The van der Waals surface area contributed by atoms with Crippen molar-refractivity contribution in [3.05, 3.63) is 12.7 Å². The van der Waals surface area contributed by atoms with Gasteiger partial charge in [0.1, 0.15) is 0 Å². The van der Waals surface area contributed by atoms with Gasteiger partial charge in [-0.05, 0) is 13.3 Å². The second-order valence-corrected chi connectivity index (χ2v) is 3.53. The Bertz CT molecular complexity index is 63.4. The van der Waals surface area contributed by atoms with E-state index in [0.29, 0.717) is 0 Å². The third-order valence-electron chi connectivity index (χ3n) is 1.70. The van der Waals surface area contributed by atoms with E-state index in [0.717, 1.165) is 19.3 Å². The van der Waals surface area contributed by atoms with E-state index in [-0.39, 0.29) is 6.61 Å². The Morgan fingerprint density at radius 1 is 0.867 bits per heavy atom. The van der Waals surface area contributed by atoms with Crippen LogP contribution in [0.5, 0.6) is 0 Å². The predicted octanol–water partition coefficient (Wildman–Crippen LogP) is 5.39. The quantitative estimate of drug-likeness (QED) is 0.418. The Kier molecular flexibility index (Phi) is 39.2. The summed E-state index contributed by atoms with van der Waals surface area (Å²) >= 11 is 0. The fraction of sp³-hybridized carbons (Fsp3) is 0.857. The standard InChI is InChI=1S/C6H14.C5H11O.C3H6/c1-3-5-6-4-2;1-2-3-4-5-6;1-3-2/h3-6H2,1-2H3;2-5H2,1H3;3H,1H2,2H3. The van der Waals surface area contributed by atoms with E-state index in [1.807, 2.05) is 6.92 Å². The average molecular weight is 215 g/mol. The molecule has 0 rings (SSSR count). The Labute approximate surface area is 97.6 Å². The summed E-state index contributed by atoms with van der Waals surface area (Å²) < 4.78 is 0. The van der Waals surface area contributed by atoms with Crippen molar-refractivity contribution in [1.82, 2.24) is 0 Å². The Morgan fingerprint density at radius 2 is 1.13 bits per heavy atom. The number of rotatable bonds is 6. The molecule has 0 atom stereocenters. The zero-order chi connectivity index (χ0) is 12.4. The SMILES string of the molecule is C=CC.CCCCCC.CCCCC[O]. The van der Waals surface area contributed by atoms with E-state index >= 15 is 0 Å². The Hall–Kier alpha value is -0.300. The maximum Gasteiger partial charge on any atom is 0.0822 e. The van der Waals surface area contributed by atoms with Crippen LogP contribution in [-0.4, -0.2) is 6.61 Å². The van der Waals surface area contributed by atoms with Gasteiger partial charge in [-0.15, -0.1) is 6.58 Å². The number of hydrogen-bond donors (Lipinski definition) is 0. The number of unbranched alkanes of at least 4 members (excludes halogenated alkanes) is 5. The van der Waals surface area contributed by atoms with Gasteiger partial charge in [-0.3, -0.25) is 0 Å². The van der Waals surface area contributed by atoms with Crippen LogP contribution in [0.4, 0.5) is 0 Å². The van der Waals surface area contributed by atoms with Gasteiger partial charge in [0.15, 0.2) is 0 Å². The molecule has 0 amide bonds. The summed E-state index contributed by atoms with van der Waals surface area (Å²) in [6, 6.07) is 0. The minimum absolute atomic E-state index is 0.105. The van der Waals surface area contributed by atoms with E-state index < -0.39 is 0 Å². The first kappa shape index (κ1) is 20.2. The lowest BCUT2D eigenvalue weighted by Gasteiger charge is -1.86. The van der Waals surface area contributed by atoms with Gasteiger partial charge < -0.3 is 0 Å². The van der Waals surface area contributed by atoms with E-state index in [2.05, 4.69) is 27.4 Å². The lowest BCUT2D eigenvalue weighted by atomic mass is 10.2. The van der Waals surface area contributed by atoms with E-state index in [4.69, 9.17) is 0 Å². The van der Waals surface area contributed by atoms with Gasteiger partial charge in [0.05, 0.1) is 6.61 Å². The molecule has 0 fully saturated rings. The first-order chi connectivity index (χ1) is 7.24. The van der Waals surface area contributed by atoms with Crippen molar-refractivity contribution >= 4 is 0 Å². The minimum Gasteiger partial charge on any atom is -0.237 e. The normalized spacial score (nSPS) is 8.07.